The molecule has 170 valence electrons. The zero-order valence-electron chi connectivity index (χ0n) is 18.9. The predicted octanol–water partition coefficient (Wildman–Crippen LogP) is 4.57. The topological polar surface area (TPSA) is 85.5 Å². The second-order valence-corrected chi connectivity index (χ2v) is 10.5. The Morgan fingerprint density at radius 3 is 2.52 bits per heavy atom. The maximum Gasteiger partial charge on any atom is 0.248 e. The molecule has 2 aromatic heterocycles. The Morgan fingerprint density at radius 2 is 1.82 bits per heavy atom. The first-order valence-corrected chi connectivity index (χ1v) is 12.0. The van der Waals surface area contributed by atoms with Crippen LogP contribution >= 0.6 is 11.3 Å². The van der Waals surface area contributed by atoms with Crippen LogP contribution in [0.15, 0.2) is 42.6 Å². The molecular formula is C26H27N3O3S. The van der Waals surface area contributed by atoms with Crippen molar-refractivity contribution >= 4 is 28.0 Å². The summed E-state index contributed by atoms with van der Waals surface area (Å²) in [6.45, 7) is 7.35. The number of Topliss-reactive ketones (excluding diaryl/α,β-unsaturated/α-hetero) is 1. The van der Waals surface area contributed by atoms with Gasteiger partial charge in [-0.25, -0.2) is 0 Å². The minimum atomic E-state index is -0.449. The van der Waals surface area contributed by atoms with Gasteiger partial charge >= 0.3 is 0 Å². The largest absolute Gasteiger partial charge is 0.378 e. The minimum Gasteiger partial charge on any atom is -0.378 e. The summed E-state index contributed by atoms with van der Waals surface area (Å²) in [7, 11) is 0. The quantitative estimate of drug-likeness (QED) is 0.615. The lowest BCUT2D eigenvalue weighted by Crippen LogP contribution is -2.36. The number of amides is 1. The highest BCUT2D eigenvalue weighted by Gasteiger charge is 2.37. The van der Waals surface area contributed by atoms with Gasteiger partial charge in [0.25, 0.3) is 0 Å². The molecule has 1 amide bonds. The average Bonchev–Trinajstić information content (AvgIpc) is 3.18. The van der Waals surface area contributed by atoms with E-state index in [9.17, 15) is 9.59 Å². The molecule has 1 aliphatic carbocycles. The molecule has 1 aliphatic heterocycles. The lowest BCUT2D eigenvalue weighted by Gasteiger charge is -2.30. The third-order valence-electron chi connectivity index (χ3n) is 6.35. The average molecular weight is 462 g/mol. The van der Waals surface area contributed by atoms with Crippen LogP contribution in [0.5, 0.6) is 0 Å². The molecular weight excluding hydrogens is 434 g/mol. The molecule has 3 aromatic rings. The van der Waals surface area contributed by atoms with Gasteiger partial charge in [-0.15, -0.1) is 11.3 Å². The fraction of sp³-hybridized carbons (Fsp3) is 0.346. The Bertz CT molecular complexity index is 1220. The number of carbonyl (C=O) groups excluding carboxylic acids is 2. The number of thiophene rings is 1. The molecule has 0 unspecified atom stereocenters. The first-order chi connectivity index (χ1) is 15.8. The third-order valence-corrected chi connectivity index (χ3v) is 7.68. The van der Waals surface area contributed by atoms with Crippen molar-refractivity contribution in [3.63, 3.8) is 0 Å². The number of hydrogen-bond donors (Lipinski definition) is 1. The second-order valence-electron chi connectivity index (χ2n) is 9.50. The van der Waals surface area contributed by atoms with Gasteiger partial charge in [-0.05, 0) is 47.2 Å². The molecule has 1 aromatic carbocycles. The number of morpholine rings is 1. The number of carbonyl (C=O) groups is 2. The number of nitrogens with zero attached hydrogens (tertiary/aromatic N) is 2. The molecule has 33 heavy (non-hydrogen) atoms. The number of fused-ring (bicyclic) bond motifs is 1. The lowest BCUT2D eigenvalue weighted by atomic mass is 9.75. The summed E-state index contributed by atoms with van der Waals surface area (Å²) >= 11 is 1.63. The van der Waals surface area contributed by atoms with Gasteiger partial charge in [-0.1, -0.05) is 26.0 Å². The zero-order chi connectivity index (χ0) is 23.2. The predicted molar refractivity (Wildman–Crippen MR) is 131 cm³/mol. The maximum atomic E-state index is 13.1. The van der Waals surface area contributed by atoms with E-state index in [2.05, 4.69) is 29.8 Å². The van der Waals surface area contributed by atoms with Crippen LogP contribution in [0, 0.1) is 5.41 Å². The number of nitrogens with two attached hydrogens (primary N) is 1. The van der Waals surface area contributed by atoms with Crippen LogP contribution in [0.3, 0.4) is 0 Å². The number of aromatic nitrogens is 1. The van der Waals surface area contributed by atoms with Gasteiger partial charge in [0, 0.05) is 42.4 Å². The Kier molecular flexibility index (Phi) is 5.54. The van der Waals surface area contributed by atoms with Crippen LogP contribution in [0.25, 0.3) is 22.4 Å². The van der Waals surface area contributed by atoms with Crippen LogP contribution in [0.1, 0.15) is 45.9 Å². The van der Waals surface area contributed by atoms with E-state index in [-0.39, 0.29) is 11.2 Å². The number of hydrogen-bond acceptors (Lipinski definition) is 6. The summed E-state index contributed by atoms with van der Waals surface area (Å²) in [4.78, 5) is 32.3. The Balaban J connectivity index is 1.63. The van der Waals surface area contributed by atoms with Crippen molar-refractivity contribution in [3.05, 3.63) is 58.6 Å². The summed E-state index contributed by atoms with van der Waals surface area (Å²) in [6, 6.07) is 11.3. The number of rotatable bonds is 4. The van der Waals surface area contributed by atoms with Crippen LogP contribution in [-0.4, -0.2) is 43.0 Å². The van der Waals surface area contributed by atoms with E-state index in [1.54, 1.807) is 23.5 Å². The standard InChI is InChI=1S/C26H27N3O3S/c1-26(2)14-19-22(25(29-9-11-32-12-10-29)33-23(19)21(30)15-26)18-7-8-28-20(13-18)16-3-5-17(6-4-16)24(27)31/h3-8,13H,9-12,14-15H2,1-2H3,(H2,27,31). The number of ether oxygens (including phenoxy) is 1. The molecule has 2 N–H and O–H groups in total. The van der Waals surface area contributed by atoms with Crippen LogP contribution in [0.4, 0.5) is 5.00 Å². The zero-order valence-corrected chi connectivity index (χ0v) is 19.7. The van der Waals surface area contributed by atoms with Gasteiger partial charge in [0.2, 0.25) is 5.91 Å². The molecule has 0 spiro atoms. The van der Waals surface area contributed by atoms with Crippen molar-refractivity contribution in [1.29, 1.82) is 0 Å². The van der Waals surface area contributed by atoms with Crippen LogP contribution in [-0.2, 0) is 11.2 Å². The number of benzene rings is 1. The number of anilines is 1. The molecule has 3 heterocycles. The molecule has 2 aliphatic rings. The van der Waals surface area contributed by atoms with E-state index in [0.29, 0.717) is 25.2 Å². The summed E-state index contributed by atoms with van der Waals surface area (Å²) < 4.78 is 5.58. The number of pyridine rings is 1. The molecule has 0 atom stereocenters. The normalized spacial score (nSPS) is 17.6. The third kappa shape index (κ3) is 4.18. The maximum absolute atomic E-state index is 13.1. The molecule has 1 saturated heterocycles. The number of ketones is 1. The molecule has 0 radical (unpaired) electrons. The fourth-order valence-electron chi connectivity index (χ4n) is 4.74. The first-order valence-electron chi connectivity index (χ1n) is 11.2. The number of primary amides is 1. The van der Waals surface area contributed by atoms with Gasteiger partial charge < -0.3 is 15.4 Å². The van der Waals surface area contributed by atoms with Crippen LogP contribution < -0.4 is 10.6 Å². The summed E-state index contributed by atoms with van der Waals surface area (Å²) in [5.41, 5.74) is 10.9. The molecule has 0 saturated carbocycles. The monoisotopic (exact) mass is 461 g/mol. The molecule has 1 fully saturated rings. The molecule has 6 nitrogen and oxygen atoms in total. The lowest BCUT2D eigenvalue weighted by molar-refractivity contribution is 0.0917. The van der Waals surface area contributed by atoms with Crippen molar-refractivity contribution in [2.75, 3.05) is 31.2 Å². The minimum absolute atomic E-state index is 0.0668. The van der Waals surface area contributed by atoms with E-state index in [1.807, 2.05) is 24.4 Å². The van der Waals surface area contributed by atoms with E-state index in [0.717, 1.165) is 57.3 Å². The van der Waals surface area contributed by atoms with Crippen LogP contribution in [0.2, 0.25) is 0 Å². The molecule has 5 rings (SSSR count). The van der Waals surface area contributed by atoms with Crippen molar-refractivity contribution in [3.8, 4) is 22.4 Å². The highest BCUT2D eigenvalue weighted by atomic mass is 32.1. The fourth-order valence-corrected chi connectivity index (χ4v) is 6.07. The van der Waals surface area contributed by atoms with Gasteiger partial charge in [0.15, 0.2) is 5.78 Å². The van der Waals surface area contributed by atoms with E-state index in [1.165, 1.54) is 0 Å². The van der Waals surface area contributed by atoms with Gasteiger partial charge in [-0.2, -0.15) is 0 Å². The summed E-state index contributed by atoms with van der Waals surface area (Å²) in [5, 5.41) is 1.15. The first kappa shape index (κ1) is 21.8. The van der Waals surface area contributed by atoms with Crippen molar-refractivity contribution in [2.45, 2.75) is 26.7 Å². The van der Waals surface area contributed by atoms with E-state index < -0.39 is 5.91 Å². The van der Waals surface area contributed by atoms with Gasteiger partial charge in [0.05, 0.1) is 28.8 Å². The Labute approximate surface area is 197 Å². The van der Waals surface area contributed by atoms with E-state index in [4.69, 9.17) is 10.5 Å². The second kappa shape index (κ2) is 8.39. The highest BCUT2D eigenvalue weighted by molar-refractivity contribution is 7.19. The highest BCUT2D eigenvalue weighted by Crippen LogP contribution is 2.49. The van der Waals surface area contributed by atoms with Crippen molar-refractivity contribution in [2.24, 2.45) is 11.1 Å². The van der Waals surface area contributed by atoms with Crippen molar-refractivity contribution < 1.29 is 14.3 Å². The van der Waals surface area contributed by atoms with Crippen molar-refractivity contribution in [1.82, 2.24) is 4.98 Å². The molecule has 7 heteroatoms. The Hall–Kier alpha value is -3.03. The molecule has 0 bridgehead atoms. The Morgan fingerprint density at radius 1 is 1.09 bits per heavy atom. The summed E-state index contributed by atoms with van der Waals surface area (Å²) in [5.74, 6) is -0.209. The van der Waals surface area contributed by atoms with Gasteiger partial charge in [0.1, 0.15) is 0 Å². The smallest absolute Gasteiger partial charge is 0.248 e. The SMILES string of the molecule is CC1(C)CC(=O)c2sc(N3CCOCC3)c(-c3ccnc(-c4ccc(C(N)=O)cc4)c3)c2C1. The summed E-state index contributed by atoms with van der Waals surface area (Å²) in [6.07, 6.45) is 3.27. The van der Waals surface area contributed by atoms with Gasteiger partial charge in [-0.3, -0.25) is 14.6 Å². The van der Waals surface area contributed by atoms with E-state index >= 15 is 0 Å².